The molecular weight excluding hydrogens is 391 g/mol. The molecule has 8 nitrogen and oxygen atoms in total. The molecule has 0 radical (unpaired) electrons. The van der Waals surface area contributed by atoms with Gasteiger partial charge in [0.25, 0.3) is 0 Å². The number of aromatic nitrogens is 5. The van der Waals surface area contributed by atoms with Crippen LogP contribution in [0.3, 0.4) is 0 Å². The Kier molecular flexibility index (Phi) is 4.02. The lowest BCUT2D eigenvalue weighted by Crippen LogP contribution is -2.30. The van der Waals surface area contributed by atoms with E-state index in [9.17, 15) is 4.39 Å². The molecule has 0 atom stereocenters. The summed E-state index contributed by atoms with van der Waals surface area (Å²) in [6.45, 7) is 0. The molecule has 146 valence electrons. The summed E-state index contributed by atoms with van der Waals surface area (Å²) in [5.74, 6) is -0.455. The third-order valence-electron chi connectivity index (χ3n) is 4.84. The van der Waals surface area contributed by atoms with Crippen LogP contribution in [-0.2, 0) is 6.42 Å². The summed E-state index contributed by atoms with van der Waals surface area (Å²) in [6.07, 6.45) is 5.92. The van der Waals surface area contributed by atoms with Crippen molar-refractivity contribution in [1.29, 1.82) is 10.8 Å². The van der Waals surface area contributed by atoms with Gasteiger partial charge in [-0.2, -0.15) is 10.2 Å². The Labute approximate surface area is 168 Å². The Hall–Kier alpha value is -3.40. The first-order chi connectivity index (χ1) is 14.0. The van der Waals surface area contributed by atoms with Gasteiger partial charge in [0.1, 0.15) is 17.1 Å². The molecule has 1 saturated carbocycles. The van der Waals surface area contributed by atoms with Gasteiger partial charge in [-0.25, -0.2) is 14.1 Å². The quantitative estimate of drug-likeness (QED) is 0.355. The first-order valence-corrected chi connectivity index (χ1v) is 9.91. The maximum atomic E-state index is 14.5. The lowest BCUT2D eigenvalue weighted by molar-refractivity contribution is 0.616. The highest BCUT2D eigenvalue weighted by atomic mass is 32.1. The highest BCUT2D eigenvalue weighted by molar-refractivity contribution is 7.22. The van der Waals surface area contributed by atoms with Crippen LogP contribution in [0.25, 0.3) is 21.5 Å². The highest BCUT2D eigenvalue weighted by Crippen LogP contribution is 2.34. The van der Waals surface area contributed by atoms with Crippen molar-refractivity contribution in [3.63, 3.8) is 0 Å². The number of hydrogen-bond acceptors (Lipinski definition) is 7. The molecule has 0 saturated heterocycles. The molecule has 0 amide bonds. The molecule has 0 aliphatic heterocycles. The van der Waals surface area contributed by atoms with Crippen molar-refractivity contribution in [2.75, 3.05) is 5.73 Å². The molecule has 29 heavy (non-hydrogen) atoms. The average Bonchev–Trinajstić information content (AvgIpc) is 3.31. The normalized spacial score (nSPS) is 13.8. The third-order valence-corrected chi connectivity index (χ3v) is 5.69. The maximum absolute atomic E-state index is 14.5. The Morgan fingerprint density at radius 1 is 1.31 bits per heavy atom. The fourth-order valence-electron chi connectivity index (χ4n) is 3.19. The van der Waals surface area contributed by atoms with Crippen molar-refractivity contribution in [2.24, 2.45) is 0 Å². The van der Waals surface area contributed by atoms with Crippen molar-refractivity contribution >= 4 is 32.5 Å². The minimum atomic E-state index is -0.457. The topological polar surface area (TPSA) is 122 Å². The summed E-state index contributed by atoms with van der Waals surface area (Å²) >= 11 is 1.27. The van der Waals surface area contributed by atoms with Crippen molar-refractivity contribution in [3.8, 4) is 11.3 Å². The predicted molar refractivity (Wildman–Crippen MR) is 108 cm³/mol. The van der Waals surface area contributed by atoms with Gasteiger partial charge >= 0.3 is 0 Å². The van der Waals surface area contributed by atoms with Gasteiger partial charge in [-0.15, -0.1) is 0 Å². The molecule has 1 aliphatic rings. The van der Waals surface area contributed by atoms with Gasteiger partial charge in [-0.1, -0.05) is 11.3 Å². The smallest absolute Gasteiger partial charge is 0.181 e. The van der Waals surface area contributed by atoms with Gasteiger partial charge < -0.3 is 5.73 Å². The molecule has 5 rings (SSSR count). The van der Waals surface area contributed by atoms with Crippen LogP contribution in [0.5, 0.6) is 0 Å². The molecule has 3 heterocycles. The number of halogens is 1. The Bertz CT molecular complexity index is 1310. The predicted octanol–water partition coefficient (Wildman–Crippen LogP) is 2.96. The number of nitrogen functional groups attached to an aromatic ring is 1. The summed E-state index contributed by atoms with van der Waals surface area (Å²) in [5.41, 5.74) is 8.03. The summed E-state index contributed by atoms with van der Waals surface area (Å²) in [5, 5.41) is 25.7. The zero-order valence-corrected chi connectivity index (χ0v) is 16.1. The van der Waals surface area contributed by atoms with Gasteiger partial charge in [0, 0.05) is 24.2 Å². The minimum Gasteiger partial charge on any atom is -0.375 e. The zero-order valence-electron chi connectivity index (χ0n) is 15.3. The monoisotopic (exact) mass is 408 g/mol. The van der Waals surface area contributed by atoms with E-state index in [1.54, 1.807) is 24.4 Å². The molecule has 10 heteroatoms. The van der Waals surface area contributed by atoms with Crippen LogP contribution in [0.15, 0.2) is 36.7 Å². The van der Waals surface area contributed by atoms with Crippen LogP contribution in [-0.4, -0.2) is 30.4 Å². The SMILES string of the molecule is N=C(Cc1cc2sc(N)nc2cc1F)n1nc(-c2cnn(C3CC3)c2)ccc1=N. The van der Waals surface area contributed by atoms with E-state index < -0.39 is 5.82 Å². The molecule has 1 fully saturated rings. The molecule has 3 aromatic heterocycles. The Balaban J connectivity index is 1.46. The third kappa shape index (κ3) is 3.31. The number of nitrogens with one attached hydrogen (secondary N) is 2. The van der Waals surface area contributed by atoms with Crippen LogP contribution in [0.4, 0.5) is 9.52 Å². The molecule has 4 N–H and O–H groups in total. The zero-order chi connectivity index (χ0) is 20.1. The van der Waals surface area contributed by atoms with E-state index in [1.807, 2.05) is 10.9 Å². The largest absolute Gasteiger partial charge is 0.375 e. The number of fused-ring (bicyclic) bond motifs is 1. The number of hydrogen-bond donors (Lipinski definition) is 3. The molecule has 1 aromatic carbocycles. The van der Waals surface area contributed by atoms with Crippen LogP contribution in [0, 0.1) is 16.6 Å². The standard InChI is InChI=1S/C19H17FN8S/c20-13-7-15-16(29-19(23)25-15)5-10(13)6-18(22)28-17(21)4-3-14(26-28)11-8-24-27(9-11)12-1-2-12/h3-5,7-9,12,21-22H,1-2,6H2,(H2,23,25). The lowest BCUT2D eigenvalue weighted by atomic mass is 10.1. The van der Waals surface area contributed by atoms with Gasteiger partial charge in [-0.3, -0.25) is 15.5 Å². The average molecular weight is 408 g/mol. The summed E-state index contributed by atoms with van der Waals surface area (Å²) in [6, 6.07) is 6.75. The maximum Gasteiger partial charge on any atom is 0.181 e. The molecule has 0 spiro atoms. The van der Waals surface area contributed by atoms with Gasteiger partial charge in [0.05, 0.1) is 28.1 Å². The number of thiazole rings is 1. The van der Waals surface area contributed by atoms with Crippen LogP contribution < -0.4 is 11.2 Å². The van der Waals surface area contributed by atoms with Crippen LogP contribution >= 0.6 is 11.3 Å². The van der Waals surface area contributed by atoms with E-state index in [2.05, 4.69) is 15.2 Å². The fraction of sp³-hybridized carbons (Fsp3) is 0.211. The lowest BCUT2D eigenvalue weighted by Gasteiger charge is -2.10. The molecule has 1 aliphatic carbocycles. The summed E-state index contributed by atoms with van der Waals surface area (Å²) in [4.78, 5) is 4.08. The van der Waals surface area contributed by atoms with Gasteiger partial charge in [-0.05, 0) is 36.6 Å². The van der Waals surface area contributed by atoms with Crippen LogP contribution in [0.1, 0.15) is 24.4 Å². The van der Waals surface area contributed by atoms with E-state index in [-0.39, 0.29) is 17.7 Å². The second-order valence-electron chi connectivity index (χ2n) is 7.04. The Morgan fingerprint density at radius 3 is 2.93 bits per heavy atom. The number of nitrogens with two attached hydrogens (primary N) is 1. The van der Waals surface area contributed by atoms with Crippen molar-refractivity contribution < 1.29 is 4.39 Å². The fourth-order valence-corrected chi connectivity index (χ4v) is 3.97. The molecule has 0 bridgehead atoms. The van der Waals surface area contributed by atoms with E-state index in [1.165, 1.54) is 22.1 Å². The minimum absolute atomic E-state index is 0.00201. The van der Waals surface area contributed by atoms with E-state index in [4.69, 9.17) is 16.6 Å². The second kappa shape index (κ2) is 6.59. The Morgan fingerprint density at radius 2 is 2.14 bits per heavy atom. The highest BCUT2D eigenvalue weighted by Gasteiger charge is 2.24. The summed E-state index contributed by atoms with van der Waals surface area (Å²) < 4.78 is 18.4. The van der Waals surface area contributed by atoms with E-state index in [0.717, 1.165) is 23.1 Å². The van der Waals surface area contributed by atoms with Crippen molar-refractivity contribution in [1.82, 2.24) is 24.5 Å². The number of nitrogens with zero attached hydrogens (tertiary/aromatic N) is 5. The summed E-state index contributed by atoms with van der Waals surface area (Å²) in [7, 11) is 0. The number of anilines is 1. The first kappa shape index (κ1) is 17.7. The van der Waals surface area contributed by atoms with Crippen molar-refractivity contribution in [3.05, 3.63) is 53.5 Å². The van der Waals surface area contributed by atoms with E-state index >= 15 is 0 Å². The van der Waals surface area contributed by atoms with E-state index in [0.29, 0.717) is 27.9 Å². The number of rotatable bonds is 4. The molecule has 0 unspecified atom stereocenters. The molecular formula is C19H17FN8S. The van der Waals surface area contributed by atoms with Crippen LogP contribution in [0.2, 0.25) is 0 Å². The number of benzene rings is 1. The van der Waals surface area contributed by atoms with Crippen molar-refractivity contribution in [2.45, 2.75) is 25.3 Å². The van der Waals surface area contributed by atoms with Gasteiger partial charge in [0.2, 0.25) is 0 Å². The molecule has 4 aromatic rings. The van der Waals surface area contributed by atoms with Gasteiger partial charge in [0.15, 0.2) is 5.13 Å². The first-order valence-electron chi connectivity index (χ1n) is 9.09. The second-order valence-corrected chi connectivity index (χ2v) is 8.10.